The summed E-state index contributed by atoms with van der Waals surface area (Å²) in [7, 11) is 0. The van der Waals surface area contributed by atoms with Crippen molar-refractivity contribution in [1.29, 1.82) is 0 Å². The lowest BCUT2D eigenvalue weighted by Gasteiger charge is -2.44. The van der Waals surface area contributed by atoms with Crippen LogP contribution in [-0.4, -0.2) is 60.2 Å². The molecule has 0 saturated carbocycles. The normalized spacial score (nSPS) is 18.2. The molecule has 2 aromatic carbocycles. The van der Waals surface area contributed by atoms with Gasteiger partial charge in [-0.25, -0.2) is 0 Å². The van der Waals surface area contributed by atoms with Crippen molar-refractivity contribution < 1.29 is 28.7 Å². The van der Waals surface area contributed by atoms with Gasteiger partial charge in [0, 0.05) is 5.41 Å². The number of phenolic OH excluding ortho intramolecular Hbond substituents is 1. The van der Waals surface area contributed by atoms with E-state index < -0.39 is 16.9 Å². The molecule has 0 spiro atoms. The van der Waals surface area contributed by atoms with Crippen molar-refractivity contribution in [2.45, 2.75) is 19.9 Å². The number of para-hydroxylation sites is 1. The standard InChI is InChI=1S/C25H27N3O7/c1-14-6-7-17(35-14)23(25(2)12-34-13-25)27-19-18(21(30)22(19)31)26-16-5-3-4-15(20(16)29)24(32)28-8-10-33-11-9-28/h3-7,23H,8-13H2,1-2H3,(H3,26,27,29,30,31,32)/p+1. The highest BCUT2D eigenvalue weighted by Crippen LogP contribution is 2.43. The molecular formula is C25H28N3O7+. The first-order valence-electron chi connectivity index (χ1n) is 11.5. The molecule has 4 N–H and O–H groups in total. The molecule has 184 valence electrons. The van der Waals surface area contributed by atoms with Crippen LogP contribution < -0.4 is 21.5 Å². The first-order chi connectivity index (χ1) is 16.8. The van der Waals surface area contributed by atoms with Crippen molar-refractivity contribution in [2.24, 2.45) is 5.41 Å². The maximum atomic E-state index is 12.5. The second-order valence-corrected chi connectivity index (χ2v) is 9.33. The number of ether oxygens (including phenoxy) is 2. The monoisotopic (exact) mass is 482 g/mol. The topological polar surface area (TPSA) is 133 Å². The average Bonchev–Trinajstić information content (AvgIpc) is 3.28. The van der Waals surface area contributed by atoms with E-state index in [4.69, 9.17) is 13.9 Å². The Kier molecular flexibility index (Phi) is 5.86. The number of aliphatic hydroxyl groups excluding tert-OH is 1. The summed E-state index contributed by atoms with van der Waals surface area (Å²) in [5.74, 6) is 1.07. The quantitative estimate of drug-likeness (QED) is 0.173. The van der Waals surface area contributed by atoms with Crippen LogP contribution in [0.15, 0.2) is 44.3 Å². The summed E-state index contributed by atoms with van der Waals surface area (Å²) in [6.45, 7) is 6.73. The van der Waals surface area contributed by atoms with E-state index in [0.29, 0.717) is 45.3 Å². The summed E-state index contributed by atoms with van der Waals surface area (Å²) >= 11 is 0. The lowest BCUT2D eigenvalue weighted by atomic mass is 9.79. The van der Waals surface area contributed by atoms with Gasteiger partial charge in [-0.3, -0.25) is 9.59 Å². The fourth-order valence-corrected chi connectivity index (χ4v) is 4.49. The van der Waals surface area contributed by atoms with E-state index in [0.717, 1.165) is 5.76 Å². The van der Waals surface area contributed by atoms with Crippen molar-refractivity contribution in [3.63, 3.8) is 0 Å². The van der Waals surface area contributed by atoms with Crippen LogP contribution in [-0.2, 0) is 9.47 Å². The summed E-state index contributed by atoms with van der Waals surface area (Å²) < 4.78 is 18.3. The molecule has 10 heteroatoms. The smallest absolute Gasteiger partial charge is 0.371 e. The number of aryl methyl sites for hydroxylation is 1. The minimum Gasteiger partial charge on any atom is -0.505 e. The Hall–Kier alpha value is -3.63. The predicted octanol–water partition coefficient (Wildman–Crippen LogP) is 2.17. The predicted molar refractivity (Wildman–Crippen MR) is 129 cm³/mol. The zero-order valence-electron chi connectivity index (χ0n) is 19.6. The first-order valence-corrected chi connectivity index (χ1v) is 11.5. The van der Waals surface area contributed by atoms with Gasteiger partial charge in [0.25, 0.3) is 10.9 Å². The van der Waals surface area contributed by atoms with Gasteiger partial charge in [0.1, 0.15) is 41.7 Å². The first kappa shape index (κ1) is 23.1. The van der Waals surface area contributed by atoms with Crippen LogP contribution in [0.25, 0.3) is 0 Å². The maximum Gasteiger partial charge on any atom is 0.371 e. The number of morpholine rings is 1. The molecule has 5 rings (SSSR count). The van der Waals surface area contributed by atoms with E-state index in [2.05, 4.69) is 10.6 Å². The van der Waals surface area contributed by atoms with Crippen LogP contribution in [0.4, 0.5) is 17.1 Å². The Balaban J connectivity index is 1.45. The van der Waals surface area contributed by atoms with Crippen molar-refractivity contribution in [2.75, 3.05) is 50.2 Å². The molecule has 0 amide bonds. The number of hydrogen-bond acceptors (Lipinski definition) is 8. The van der Waals surface area contributed by atoms with Gasteiger partial charge < -0.3 is 34.7 Å². The van der Waals surface area contributed by atoms with Gasteiger partial charge in [0.15, 0.2) is 18.8 Å². The minimum atomic E-state index is -0.692. The molecule has 0 radical (unpaired) electrons. The highest BCUT2D eigenvalue weighted by molar-refractivity contribution is 5.95. The van der Waals surface area contributed by atoms with Crippen LogP contribution in [0.3, 0.4) is 0 Å². The van der Waals surface area contributed by atoms with Crippen LogP contribution in [0.2, 0.25) is 0 Å². The Morgan fingerprint density at radius 3 is 2.40 bits per heavy atom. The Morgan fingerprint density at radius 1 is 1.06 bits per heavy atom. The van der Waals surface area contributed by atoms with Crippen LogP contribution in [0.5, 0.6) is 5.75 Å². The summed E-state index contributed by atoms with van der Waals surface area (Å²) in [4.78, 5) is 25.0. The molecule has 1 atom stereocenters. The molecule has 10 nitrogen and oxygen atoms in total. The van der Waals surface area contributed by atoms with Crippen LogP contribution in [0.1, 0.15) is 30.0 Å². The fourth-order valence-electron chi connectivity index (χ4n) is 4.49. The molecule has 35 heavy (non-hydrogen) atoms. The van der Waals surface area contributed by atoms with E-state index in [-0.39, 0.29) is 39.7 Å². The van der Waals surface area contributed by atoms with Gasteiger partial charge in [-0.2, -0.15) is 4.58 Å². The molecule has 2 fully saturated rings. The highest BCUT2D eigenvalue weighted by Gasteiger charge is 2.45. The number of rotatable bonds is 7. The van der Waals surface area contributed by atoms with Crippen molar-refractivity contribution in [3.8, 4) is 5.75 Å². The Morgan fingerprint density at radius 2 is 1.77 bits per heavy atom. The molecule has 2 aliphatic heterocycles. The van der Waals surface area contributed by atoms with Crippen molar-refractivity contribution in [1.82, 2.24) is 0 Å². The van der Waals surface area contributed by atoms with Crippen molar-refractivity contribution in [3.05, 3.63) is 67.9 Å². The fraction of sp³-hybridized carbons (Fsp3) is 0.400. The Labute approximate surface area is 201 Å². The number of furan rings is 1. The summed E-state index contributed by atoms with van der Waals surface area (Å²) in [6, 6.07) is 8.09. The average molecular weight is 483 g/mol. The maximum absolute atomic E-state index is 12.5. The zero-order valence-corrected chi connectivity index (χ0v) is 19.6. The van der Waals surface area contributed by atoms with Crippen LogP contribution >= 0.6 is 0 Å². The minimum absolute atomic E-state index is 0.0467. The van der Waals surface area contributed by atoms with Crippen molar-refractivity contribution >= 4 is 23.0 Å². The number of benzene rings is 1. The van der Waals surface area contributed by atoms with E-state index in [1.54, 1.807) is 22.8 Å². The second kappa shape index (κ2) is 8.86. The molecule has 0 aliphatic carbocycles. The number of anilines is 3. The van der Waals surface area contributed by atoms with Gasteiger partial charge in [-0.05, 0) is 31.2 Å². The number of phenols is 1. The number of hydrogen-bond donors (Lipinski definition) is 4. The van der Waals surface area contributed by atoms with E-state index in [1.807, 2.05) is 26.0 Å². The SMILES string of the molecule is Cc1ccc(C(Nc2c(Nc3cccc(C(O)=[N+]4CCOCC4)c3O)c(=O)c2=O)C2(C)COC2)o1. The van der Waals surface area contributed by atoms with E-state index >= 15 is 0 Å². The lowest BCUT2D eigenvalue weighted by Crippen LogP contribution is -2.49. The highest BCUT2D eigenvalue weighted by atomic mass is 16.5. The molecule has 3 heterocycles. The Bertz CT molecular complexity index is 1350. The van der Waals surface area contributed by atoms with Gasteiger partial charge in [0.05, 0.1) is 24.9 Å². The van der Waals surface area contributed by atoms with Crippen LogP contribution in [0, 0.1) is 12.3 Å². The number of aromatic hydroxyl groups is 1. The van der Waals surface area contributed by atoms with Gasteiger partial charge in [-0.15, -0.1) is 0 Å². The summed E-state index contributed by atoms with van der Waals surface area (Å²) in [6.07, 6.45) is 0. The van der Waals surface area contributed by atoms with E-state index in [1.165, 1.54) is 0 Å². The molecule has 0 bridgehead atoms. The molecular weight excluding hydrogens is 454 g/mol. The summed E-state index contributed by atoms with van der Waals surface area (Å²) in [5.41, 5.74) is -1.10. The van der Waals surface area contributed by atoms with Gasteiger partial charge >= 0.3 is 5.90 Å². The third-order valence-corrected chi connectivity index (χ3v) is 6.65. The molecule has 1 unspecified atom stereocenters. The number of nitrogens with zero attached hydrogens (tertiary/aromatic N) is 1. The number of nitrogens with one attached hydrogen (secondary N) is 2. The molecule has 3 aromatic rings. The van der Waals surface area contributed by atoms with Gasteiger partial charge in [0.2, 0.25) is 0 Å². The third kappa shape index (κ3) is 4.08. The van der Waals surface area contributed by atoms with E-state index in [9.17, 15) is 19.8 Å². The lowest BCUT2D eigenvalue weighted by molar-refractivity contribution is -0.555. The largest absolute Gasteiger partial charge is 0.505 e. The van der Waals surface area contributed by atoms with Gasteiger partial charge in [-0.1, -0.05) is 13.0 Å². The zero-order chi connectivity index (χ0) is 24.7. The third-order valence-electron chi connectivity index (χ3n) is 6.65. The molecule has 1 aromatic heterocycles. The number of aliphatic hydroxyl groups is 1. The summed E-state index contributed by atoms with van der Waals surface area (Å²) in [5, 5.41) is 27.7. The molecule has 2 aliphatic rings. The molecule has 2 saturated heterocycles. The second-order valence-electron chi connectivity index (χ2n) is 9.33.